The molecule has 0 aliphatic rings. The highest BCUT2D eigenvalue weighted by Gasteiger charge is 2.18. The topological polar surface area (TPSA) is 105 Å². The zero-order valence-electron chi connectivity index (χ0n) is 8.01. The molecule has 0 saturated carbocycles. The lowest BCUT2D eigenvalue weighted by Crippen LogP contribution is -2.07. The first-order chi connectivity index (χ1) is 7.56. The van der Waals surface area contributed by atoms with Gasteiger partial charge in [-0.25, -0.2) is 9.78 Å². The largest absolute Gasteiger partial charge is 0.478 e. The van der Waals surface area contributed by atoms with Gasteiger partial charge in [0.15, 0.2) is 0 Å². The number of hydrogen-bond acceptors (Lipinski definition) is 5. The Bertz CT molecular complexity index is 478. The van der Waals surface area contributed by atoms with Crippen LogP contribution in [0.3, 0.4) is 0 Å². The minimum atomic E-state index is -1.28. The van der Waals surface area contributed by atoms with E-state index in [1.165, 1.54) is 0 Å². The van der Waals surface area contributed by atoms with Crippen molar-refractivity contribution < 1.29 is 14.8 Å². The lowest BCUT2D eigenvalue weighted by Gasteiger charge is -2.03. The highest BCUT2D eigenvalue weighted by molar-refractivity contribution is 5.88. The maximum atomic E-state index is 10.6. The number of aromatic carboxylic acids is 1. The summed E-state index contributed by atoms with van der Waals surface area (Å²) in [5, 5.41) is 21.8. The molecule has 16 heavy (non-hydrogen) atoms. The van der Waals surface area contributed by atoms with Gasteiger partial charge < -0.3 is 10.4 Å². The fourth-order valence-electron chi connectivity index (χ4n) is 0.980. The standard InChI is InChI=1S/C9H7N3O4/c1-2-3-10-8-7(12(15)16)4-6(5-11-8)9(13)14/h1,4-5H,3H2,(H,10,11)(H,13,14). The molecule has 0 saturated heterocycles. The van der Waals surface area contributed by atoms with Crippen molar-refractivity contribution >= 4 is 17.5 Å². The summed E-state index contributed by atoms with van der Waals surface area (Å²) in [5.41, 5.74) is -0.673. The van der Waals surface area contributed by atoms with Crippen LogP contribution in [0, 0.1) is 22.5 Å². The first-order valence-corrected chi connectivity index (χ1v) is 4.11. The summed E-state index contributed by atoms with van der Waals surface area (Å²) in [6.07, 6.45) is 6.00. The van der Waals surface area contributed by atoms with E-state index in [4.69, 9.17) is 11.5 Å². The van der Waals surface area contributed by atoms with Gasteiger partial charge in [0, 0.05) is 12.3 Å². The van der Waals surface area contributed by atoms with Gasteiger partial charge in [-0.15, -0.1) is 6.42 Å². The molecular weight excluding hydrogens is 214 g/mol. The molecule has 0 aliphatic carbocycles. The molecule has 1 aromatic rings. The average molecular weight is 221 g/mol. The van der Waals surface area contributed by atoms with E-state index < -0.39 is 16.6 Å². The molecule has 2 N–H and O–H groups in total. The average Bonchev–Trinajstić information content (AvgIpc) is 2.25. The minimum absolute atomic E-state index is 0.0482. The number of carbonyl (C=O) groups is 1. The van der Waals surface area contributed by atoms with Gasteiger partial charge in [0.1, 0.15) is 0 Å². The van der Waals surface area contributed by atoms with E-state index >= 15 is 0 Å². The zero-order valence-corrected chi connectivity index (χ0v) is 8.01. The van der Waals surface area contributed by atoms with Gasteiger partial charge in [-0.2, -0.15) is 0 Å². The van der Waals surface area contributed by atoms with Crippen molar-refractivity contribution in [2.45, 2.75) is 0 Å². The third kappa shape index (κ3) is 2.45. The SMILES string of the molecule is C#CCNc1ncc(C(=O)O)cc1[N+](=O)[O-]. The molecule has 0 bridgehead atoms. The summed E-state index contributed by atoms with van der Waals surface area (Å²) in [4.78, 5) is 24.1. The quantitative estimate of drug-likeness (QED) is 0.441. The van der Waals surface area contributed by atoms with E-state index in [2.05, 4.69) is 16.2 Å². The Hall–Kier alpha value is -2.62. The van der Waals surface area contributed by atoms with Crippen molar-refractivity contribution in [3.63, 3.8) is 0 Å². The van der Waals surface area contributed by atoms with E-state index in [-0.39, 0.29) is 17.9 Å². The van der Waals surface area contributed by atoms with Gasteiger partial charge in [0.25, 0.3) is 0 Å². The third-order valence-electron chi connectivity index (χ3n) is 1.67. The van der Waals surface area contributed by atoms with Crippen molar-refractivity contribution in [1.29, 1.82) is 0 Å². The van der Waals surface area contributed by atoms with Crippen molar-refractivity contribution in [2.24, 2.45) is 0 Å². The van der Waals surface area contributed by atoms with Gasteiger partial charge >= 0.3 is 11.7 Å². The Balaban J connectivity index is 3.15. The molecule has 82 valence electrons. The number of aromatic nitrogens is 1. The van der Waals surface area contributed by atoms with Crippen LogP contribution in [0.25, 0.3) is 0 Å². The fraction of sp³-hybridized carbons (Fsp3) is 0.111. The molecule has 0 unspecified atom stereocenters. The van der Waals surface area contributed by atoms with Crippen molar-refractivity contribution in [3.8, 4) is 12.3 Å². The highest BCUT2D eigenvalue weighted by atomic mass is 16.6. The van der Waals surface area contributed by atoms with Crippen LogP contribution in [0.15, 0.2) is 12.3 Å². The predicted molar refractivity (Wildman–Crippen MR) is 55.2 cm³/mol. The maximum Gasteiger partial charge on any atom is 0.337 e. The van der Waals surface area contributed by atoms with E-state index in [9.17, 15) is 14.9 Å². The molecule has 1 aromatic heterocycles. The molecule has 7 nitrogen and oxygen atoms in total. The Morgan fingerprint density at radius 1 is 1.75 bits per heavy atom. The Kier molecular flexibility index (Phi) is 3.40. The number of pyridine rings is 1. The molecule has 7 heteroatoms. The summed E-state index contributed by atoms with van der Waals surface area (Å²) in [7, 11) is 0. The van der Waals surface area contributed by atoms with E-state index in [1.807, 2.05) is 0 Å². The number of nitrogens with one attached hydrogen (secondary N) is 1. The van der Waals surface area contributed by atoms with Crippen LogP contribution in [-0.4, -0.2) is 27.5 Å². The molecule has 1 rings (SSSR count). The second kappa shape index (κ2) is 4.75. The van der Waals surface area contributed by atoms with Crippen LogP contribution in [-0.2, 0) is 0 Å². The Morgan fingerprint density at radius 3 is 2.94 bits per heavy atom. The first-order valence-electron chi connectivity index (χ1n) is 4.11. The summed E-state index contributed by atoms with van der Waals surface area (Å²) in [6, 6.07) is 0.925. The number of rotatable bonds is 4. The predicted octanol–water partition coefficient (Wildman–Crippen LogP) is 0.733. The lowest BCUT2D eigenvalue weighted by molar-refractivity contribution is -0.384. The smallest absolute Gasteiger partial charge is 0.337 e. The van der Waals surface area contributed by atoms with Gasteiger partial charge in [-0.3, -0.25) is 10.1 Å². The fourth-order valence-corrected chi connectivity index (χ4v) is 0.980. The summed E-state index contributed by atoms with van der Waals surface area (Å²) in [5.74, 6) is 0.903. The molecule has 0 amide bonds. The van der Waals surface area contributed by atoms with Gasteiger partial charge in [0.2, 0.25) is 5.82 Å². The molecular formula is C9H7N3O4. The molecule has 1 heterocycles. The molecule has 0 atom stereocenters. The van der Waals surface area contributed by atoms with Crippen LogP contribution >= 0.6 is 0 Å². The Morgan fingerprint density at radius 2 is 2.44 bits per heavy atom. The second-order valence-corrected chi connectivity index (χ2v) is 2.71. The summed E-state index contributed by atoms with van der Waals surface area (Å²) in [6.45, 7) is 0.0697. The molecule has 0 fully saturated rings. The third-order valence-corrected chi connectivity index (χ3v) is 1.67. The lowest BCUT2D eigenvalue weighted by atomic mass is 10.2. The van der Waals surface area contributed by atoms with Crippen LogP contribution in [0.4, 0.5) is 11.5 Å². The number of terminal acetylenes is 1. The molecule has 0 aromatic carbocycles. The van der Waals surface area contributed by atoms with Crippen molar-refractivity contribution in [2.75, 3.05) is 11.9 Å². The molecule has 0 aliphatic heterocycles. The highest BCUT2D eigenvalue weighted by Crippen LogP contribution is 2.22. The van der Waals surface area contributed by atoms with Crippen molar-refractivity contribution in [3.05, 3.63) is 27.9 Å². The van der Waals surface area contributed by atoms with Crippen LogP contribution in [0.2, 0.25) is 0 Å². The van der Waals surface area contributed by atoms with Gasteiger partial charge in [-0.05, 0) is 0 Å². The van der Waals surface area contributed by atoms with Gasteiger partial charge in [-0.1, -0.05) is 5.92 Å². The summed E-state index contributed by atoms with van der Waals surface area (Å²) >= 11 is 0. The zero-order chi connectivity index (χ0) is 12.1. The molecule has 0 radical (unpaired) electrons. The monoisotopic (exact) mass is 221 g/mol. The van der Waals surface area contributed by atoms with E-state index in [1.54, 1.807) is 0 Å². The maximum absolute atomic E-state index is 10.6. The van der Waals surface area contributed by atoms with Crippen LogP contribution in [0.5, 0.6) is 0 Å². The normalized spacial score (nSPS) is 9.19. The van der Waals surface area contributed by atoms with Crippen LogP contribution < -0.4 is 5.32 Å². The summed E-state index contributed by atoms with van der Waals surface area (Å²) < 4.78 is 0. The Labute approximate surface area is 90.3 Å². The van der Waals surface area contributed by atoms with Crippen LogP contribution in [0.1, 0.15) is 10.4 Å². The number of nitrogens with zero attached hydrogens (tertiary/aromatic N) is 2. The second-order valence-electron chi connectivity index (χ2n) is 2.71. The molecule has 0 spiro atoms. The first kappa shape index (κ1) is 11.5. The number of carboxylic acids is 1. The number of hydrogen-bond donors (Lipinski definition) is 2. The number of nitro groups is 1. The number of carboxylic acid groups (broad SMARTS) is 1. The van der Waals surface area contributed by atoms with E-state index in [0.29, 0.717) is 0 Å². The van der Waals surface area contributed by atoms with E-state index in [0.717, 1.165) is 12.3 Å². The van der Waals surface area contributed by atoms with Gasteiger partial charge in [0.05, 0.1) is 17.0 Å². The number of anilines is 1. The van der Waals surface area contributed by atoms with Crippen molar-refractivity contribution in [1.82, 2.24) is 4.98 Å². The minimum Gasteiger partial charge on any atom is -0.478 e.